The van der Waals surface area contributed by atoms with E-state index in [0.29, 0.717) is 79.1 Å². The molecule has 28 heteroatoms. The van der Waals surface area contributed by atoms with Gasteiger partial charge in [0.05, 0.1) is 49.0 Å². The Balaban J connectivity index is 0.000000198. The van der Waals surface area contributed by atoms with E-state index in [1.807, 2.05) is 24.3 Å². The van der Waals surface area contributed by atoms with E-state index in [2.05, 4.69) is 40.3 Å². The summed E-state index contributed by atoms with van der Waals surface area (Å²) in [5.74, 6) is 4.13. The van der Waals surface area contributed by atoms with Crippen molar-refractivity contribution in [2.45, 2.75) is 60.3 Å². The molecular formula is C54H56Cl2N10O14S2. The molecule has 6 heterocycles. The molecule has 0 fully saturated rings. The van der Waals surface area contributed by atoms with Crippen LogP contribution in [0.1, 0.15) is 73.2 Å². The highest BCUT2D eigenvalue weighted by Gasteiger charge is 2.39. The summed E-state index contributed by atoms with van der Waals surface area (Å²) in [6.07, 6.45) is 2.20. The maximum absolute atomic E-state index is 13.8. The second-order valence-corrected chi connectivity index (χ2v) is 23.8. The van der Waals surface area contributed by atoms with Crippen molar-refractivity contribution in [3.8, 4) is 57.4 Å². The van der Waals surface area contributed by atoms with Crippen molar-refractivity contribution in [3.63, 3.8) is 0 Å². The van der Waals surface area contributed by atoms with Crippen LogP contribution in [0.25, 0.3) is 11.4 Å². The van der Waals surface area contributed by atoms with Crippen LogP contribution in [0, 0.1) is 0 Å². The number of fused-ring (bicyclic) bond motifs is 2. The average molecular weight is 1200 g/mol. The molecule has 0 spiro atoms. The van der Waals surface area contributed by atoms with E-state index in [1.54, 1.807) is 69.8 Å². The zero-order chi connectivity index (χ0) is 58.3. The summed E-state index contributed by atoms with van der Waals surface area (Å²) in [7, 11) is 0.951. The average Bonchev–Trinajstić information content (AvgIpc) is 4.31. The molecule has 0 saturated heterocycles. The lowest BCUT2D eigenvalue weighted by Gasteiger charge is -2.27. The van der Waals surface area contributed by atoms with E-state index >= 15 is 0 Å². The number of hydrogen-bond acceptors (Lipinski definition) is 22. The number of rotatable bonds is 20. The van der Waals surface area contributed by atoms with Crippen molar-refractivity contribution < 1.29 is 64.2 Å². The number of methoxy groups -OCH3 is 6. The Kier molecular flexibility index (Phi) is 18.3. The van der Waals surface area contributed by atoms with E-state index in [9.17, 15) is 16.8 Å². The fourth-order valence-corrected chi connectivity index (χ4v) is 12.1. The first kappa shape index (κ1) is 58.8. The van der Waals surface area contributed by atoms with Gasteiger partial charge in [-0.3, -0.25) is 9.13 Å². The summed E-state index contributed by atoms with van der Waals surface area (Å²) in [6, 6.07) is 25.0. The van der Waals surface area contributed by atoms with Crippen LogP contribution < -0.4 is 37.9 Å². The molecule has 2 aliphatic rings. The molecule has 0 N–H and O–H groups in total. The number of halogens is 2. The van der Waals surface area contributed by atoms with Gasteiger partial charge in [-0.05, 0) is 62.4 Å². The van der Waals surface area contributed by atoms with Crippen molar-refractivity contribution in [1.82, 2.24) is 49.5 Å². The molecule has 0 bridgehead atoms. The second-order valence-electron chi connectivity index (χ2n) is 18.2. The molecule has 432 valence electrons. The minimum Gasteiger partial charge on any atom is -0.494 e. The van der Waals surface area contributed by atoms with Gasteiger partial charge >= 0.3 is 0 Å². The van der Waals surface area contributed by atoms with Gasteiger partial charge in [0.25, 0.3) is 0 Å². The summed E-state index contributed by atoms with van der Waals surface area (Å²) in [4.78, 5) is 16.6. The zero-order valence-corrected chi connectivity index (χ0v) is 48.6. The topological polar surface area (TPSA) is 274 Å². The zero-order valence-electron chi connectivity index (χ0n) is 45.4. The molecule has 4 aromatic carbocycles. The molecular weight excluding hydrogens is 1150 g/mol. The van der Waals surface area contributed by atoms with Gasteiger partial charge in [0.2, 0.25) is 0 Å². The van der Waals surface area contributed by atoms with Crippen LogP contribution in [0.15, 0.2) is 110 Å². The lowest BCUT2D eigenvalue weighted by Crippen LogP contribution is -2.30. The number of nitrogens with zero attached hydrogens (tertiary/aromatic N) is 10. The molecule has 2 aliphatic heterocycles. The van der Waals surface area contributed by atoms with Crippen LogP contribution in [0.4, 0.5) is 0 Å². The number of benzene rings is 4. The van der Waals surface area contributed by atoms with E-state index < -0.39 is 66.1 Å². The SMILES string of the molecule is COc1cccc(OC)c1-n1c(CS(=O)(=O)[C@@H](C)[C@H](OC)c2ncc(Cl)cn2)nnc1[C@@H]1COc2ccccc2O1.COc1cccc(OC)c1-n1c(CS(=O)(=O)[C@@H](C)[C@H](OC)c2ncc(Cl)cn2)nnc1[C@H]1COc2ccccc2O1. The van der Waals surface area contributed by atoms with Crippen LogP contribution in [-0.2, 0) is 40.7 Å². The van der Waals surface area contributed by atoms with Gasteiger partial charge in [0, 0.05) is 39.0 Å². The van der Waals surface area contributed by atoms with Crippen molar-refractivity contribution >= 4 is 42.9 Å². The summed E-state index contributed by atoms with van der Waals surface area (Å²) >= 11 is 11.8. The van der Waals surface area contributed by atoms with Gasteiger partial charge in [-0.2, -0.15) is 0 Å². The highest BCUT2D eigenvalue weighted by Crippen LogP contribution is 2.42. The maximum atomic E-state index is 13.8. The molecule has 0 radical (unpaired) electrons. The van der Waals surface area contributed by atoms with E-state index in [-0.39, 0.29) is 36.5 Å². The molecule has 0 saturated carbocycles. The molecule has 24 nitrogen and oxygen atoms in total. The highest BCUT2D eigenvalue weighted by molar-refractivity contribution is 7.91. The van der Waals surface area contributed by atoms with Crippen LogP contribution in [0.5, 0.6) is 46.0 Å². The lowest BCUT2D eigenvalue weighted by molar-refractivity contribution is 0.0836. The standard InChI is InChI=1S/2C27H28ClN5O7S/c2*1-16(25(38-4)26-29-12-17(28)13-30-26)41(34,35)15-23-31-32-27(22-14-39-18-8-5-6-9-19(18)40-22)33(23)24-20(36-2)10-7-11-21(24)37-3/h2*5-13,16,22,25H,14-15H2,1-4H3/t16-,22+,25-;16-,22-,25-/m00/s1. The Hall–Kier alpha value is -7.88. The first-order valence-electron chi connectivity index (χ1n) is 25.1. The largest absolute Gasteiger partial charge is 0.494 e. The third-order valence-electron chi connectivity index (χ3n) is 13.3. The fourth-order valence-electron chi connectivity index (χ4n) is 9.10. The number of ether oxygens (including phenoxy) is 10. The van der Waals surface area contributed by atoms with Crippen LogP contribution in [0.2, 0.25) is 10.0 Å². The van der Waals surface area contributed by atoms with E-state index in [0.717, 1.165) is 0 Å². The quantitative estimate of drug-likeness (QED) is 0.0702. The summed E-state index contributed by atoms with van der Waals surface area (Å²) < 4.78 is 116. The fraction of sp³-hybridized carbons (Fsp3) is 0.333. The summed E-state index contributed by atoms with van der Waals surface area (Å²) in [5.41, 5.74) is 0.837. The molecule has 0 unspecified atom stereocenters. The van der Waals surface area contributed by atoms with Gasteiger partial charge in [-0.25, -0.2) is 36.8 Å². The molecule has 10 rings (SSSR count). The number of hydrogen-bond donors (Lipinski definition) is 0. The lowest BCUT2D eigenvalue weighted by atomic mass is 10.2. The Bertz CT molecular complexity index is 3460. The third-order valence-corrected chi connectivity index (χ3v) is 17.8. The first-order valence-corrected chi connectivity index (χ1v) is 29.2. The van der Waals surface area contributed by atoms with Gasteiger partial charge in [0.1, 0.15) is 71.3 Å². The van der Waals surface area contributed by atoms with Crippen molar-refractivity contribution in [2.75, 3.05) is 55.9 Å². The molecule has 0 aliphatic carbocycles. The van der Waals surface area contributed by atoms with Crippen LogP contribution >= 0.6 is 23.2 Å². The minimum absolute atomic E-state index is 0.115. The predicted molar refractivity (Wildman–Crippen MR) is 297 cm³/mol. The summed E-state index contributed by atoms with van der Waals surface area (Å²) in [5, 5.41) is 15.9. The second kappa shape index (κ2) is 25.5. The molecule has 82 heavy (non-hydrogen) atoms. The minimum atomic E-state index is -3.93. The van der Waals surface area contributed by atoms with Crippen LogP contribution in [-0.4, -0.2) is 133 Å². The van der Waals surface area contributed by atoms with Gasteiger partial charge < -0.3 is 47.4 Å². The Morgan fingerprint density at radius 3 is 1.15 bits per heavy atom. The molecule has 4 aromatic heterocycles. The normalized spacial score (nSPS) is 16.2. The smallest absolute Gasteiger partial charge is 0.192 e. The van der Waals surface area contributed by atoms with Crippen molar-refractivity contribution in [3.05, 3.63) is 155 Å². The van der Waals surface area contributed by atoms with E-state index in [4.69, 9.17) is 70.6 Å². The van der Waals surface area contributed by atoms with Crippen molar-refractivity contribution in [1.29, 1.82) is 0 Å². The Morgan fingerprint density at radius 2 is 0.829 bits per heavy atom. The molecule has 0 amide bonds. The van der Waals surface area contributed by atoms with Gasteiger partial charge in [0.15, 0.2) is 89.8 Å². The predicted octanol–water partition coefficient (Wildman–Crippen LogP) is 7.86. The van der Waals surface area contributed by atoms with Crippen LogP contribution in [0.3, 0.4) is 0 Å². The molecule has 6 atom stereocenters. The molecule has 8 aromatic rings. The van der Waals surface area contributed by atoms with Gasteiger partial charge in [-0.1, -0.05) is 59.6 Å². The van der Waals surface area contributed by atoms with E-state index in [1.165, 1.54) is 81.3 Å². The highest BCUT2D eigenvalue weighted by atomic mass is 35.5. The monoisotopic (exact) mass is 1200 g/mol. The Morgan fingerprint density at radius 1 is 0.500 bits per heavy atom. The summed E-state index contributed by atoms with van der Waals surface area (Å²) in [6.45, 7) is 3.30. The van der Waals surface area contributed by atoms with Crippen molar-refractivity contribution in [2.24, 2.45) is 0 Å². The number of para-hydroxylation sites is 6. The number of aromatic nitrogens is 10. The maximum Gasteiger partial charge on any atom is 0.192 e. The third kappa shape index (κ3) is 12.3. The van der Waals surface area contributed by atoms with Gasteiger partial charge in [-0.15, -0.1) is 20.4 Å². The first-order chi connectivity index (χ1) is 39.5. The Labute approximate surface area is 482 Å². The number of sulfone groups is 2.